The smallest absolute Gasteiger partial charge is 0.240 e. The van der Waals surface area contributed by atoms with E-state index in [0.717, 1.165) is 4.90 Å². The Morgan fingerprint density at radius 2 is 1.75 bits per heavy atom. The van der Waals surface area contributed by atoms with Crippen LogP contribution in [0.4, 0.5) is 10.1 Å². The molecule has 0 radical (unpaired) electrons. The standard InChI is InChI=1S/C23H16FN3O5/c24-13-5-3-12(4-6-13)21(28)20-19-18(15-2-1-9-25-27(15)20)22(29)26(23(19)30)14-7-8-16-17(10-14)32-11-31-16/h1-10,15,18-20H,11H2/t15-,18-,19-,20+/m1/s1. The Labute approximate surface area is 181 Å². The second-order valence-corrected chi connectivity index (χ2v) is 7.94. The van der Waals surface area contributed by atoms with Crippen molar-refractivity contribution in [2.24, 2.45) is 16.9 Å². The number of imide groups is 1. The number of allylic oxidation sites excluding steroid dienone is 1. The topological polar surface area (TPSA) is 88.5 Å². The van der Waals surface area contributed by atoms with Crippen LogP contribution in [0.5, 0.6) is 11.5 Å². The summed E-state index contributed by atoms with van der Waals surface area (Å²) in [7, 11) is 0. The lowest BCUT2D eigenvalue weighted by atomic mass is 9.86. The van der Waals surface area contributed by atoms with Gasteiger partial charge in [-0.05, 0) is 42.5 Å². The SMILES string of the molecule is O=C(c1ccc(F)cc1)[C@@H]1[C@@H]2C(=O)N(c3ccc4c(c3)OCO4)C(=O)[C@@H]2[C@H]2C=CC=NN21. The molecule has 2 aromatic carbocycles. The van der Waals surface area contributed by atoms with Crippen LogP contribution in [0.15, 0.2) is 59.7 Å². The molecule has 2 aromatic rings. The number of hydrogen-bond donors (Lipinski definition) is 0. The number of ketones is 1. The quantitative estimate of drug-likeness (QED) is 0.545. The molecule has 0 aromatic heterocycles. The van der Waals surface area contributed by atoms with Gasteiger partial charge in [0.2, 0.25) is 18.6 Å². The molecule has 4 aliphatic rings. The van der Waals surface area contributed by atoms with Crippen LogP contribution in [0, 0.1) is 17.7 Å². The first-order valence-corrected chi connectivity index (χ1v) is 10.1. The minimum Gasteiger partial charge on any atom is -0.454 e. The summed E-state index contributed by atoms with van der Waals surface area (Å²) in [6.45, 7) is 0.0695. The number of ether oxygens (including phenoxy) is 2. The van der Waals surface area contributed by atoms with Crippen molar-refractivity contribution in [3.05, 3.63) is 66.0 Å². The van der Waals surface area contributed by atoms with Crippen molar-refractivity contribution < 1.29 is 28.2 Å². The van der Waals surface area contributed by atoms with E-state index in [1.54, 1.807) is 30.4 Å². The van der Waals surface area contributed by atoms with Gasteiger partial charge in [-0.25, -0.2) is 9.29 Å². The summed E-state index contributed by atoms with van der Waals surface area (Å²) in [6, 6.07) is 8.47. The number of hydrazone groups is 1. The lowest BCUT2D eigenvalue weighted by Crippen LogP contribution is -2.46. The maximum absolute atomic E-state index is 13.6. The zero-order valence-electron chi connectivity index (χ0n) is 16.6. The maximum Gasteiger partial charge on any atom is 0.240 e. The predicted octanol–water partition coefficient (Wildman–Crippen LogP) is 2.15. The van der Waals surface area contributed by atoms with Gasteiger partial charge in [-0.1, -0.05) is 6.08 Å². The Kier molecular flexibility index (Phi) is 3.95. The molecule has 0 aliphatic carbocycles. The molecule has 6 rings (SSSR count). The van der Waals surface area contributed by atoms with E-state index in [9.17, 15) is 18.8 Å². The van der Waals surface area contributed by atoms with Gasteiger partial charge < -0.3 is 9.47 Å². The molecule has 0 saturated carbocycles. The van der Waals surface area contributed by atoms with Gasteiger partial charge in [0, 0.05) is 17.8 Å². The van der Waals surface area contributed by atoms with Crippen molar-refractivity contribution in [1.82, 2.24) is 5.01 Å². The van der Waals surface area contributed by atoms with Gasteiger partial charge in [0.25, 0.3) is 0 Å². The molecule has 0 spiro atoms. The van der Waals surface area contributed by atoms with Crippen molar-refractivity contribution in [2.75, 3.05) is 11.7 Å². The highest BCUT2D eigenvalue weighted by Gasteiger charge is 2.64. The van der Waals surface area contributed by atoms with E-state index in [1.165, 1.54) is 35.5 Å². The van der Waals surface area contributed by atoms with E-state index in [4.69, 9.17) is 9.47 Å². The molecule has 9 heteroatoms. The molecule has 4 heterocycles. The number of carbonyl (C=O) groups is 3. The van der Waals surface area contributed by atoms with Crippen LogP contribution in [0.3, 0.4) is 0 Å². The Morgan fingerprint density at radius 3 is 2.56 bits per heavy atom. The van der Waals surface area contributed by atoms with Crippen molar-refractivity contribution >= 4 is 29.5 Å². The average molecular weight is 433 g/mol. The molecule has 2 fully saturated rings. The first-order valence-electron chi connectivity index (χ1n) is 10.1. The number of nitrogens with zero attached hydrogens (tertiary/aromatic N) is 3. The van der Waals surface area contributed by atoms with Gasteiger partial charge >= 0.3 is 0 Å². The Bertz CT molecular complexity index is 1220. The van der Waals surface area contributed by atoms with Crippen molar-refractivity contribution in [2.45, 2.75) is 12.1 Å². The highest BCUT2D eigenvalue weighted by Crippen LogP contribution is 2.47. The van der Waals surface area contributed by atoms with Gasteiger partial charge in [0.15, 0.2) is 17.3 Å². The summed E-state index contributed by atoms with van der Waals surface area (Å²) < 4.78 is 24.1. The molecular weight excluding hydrogens is 417 g/mol. The molecular formula is C23H16FN3O5. The van der Waals surface area contributed by atoms with Gasteiger partial charge in [-0.3, -0.25) is 19.4 Å². The molecule has 2 saturated heterocycles. The lowest BCUT2D eigenvalue weighted by Gasteiger charge is -2.30. The summed E-state index contributed by atoms with van der Waals surface area (Å²) in [5, 5.41) is 5.82. The van der Waals surface area contributed by atoms with Crippen molar-refractivity contribution in [3.8, 4) is 11.5 Å². The molecule has 4 atom stereocenters. The molecule has 0 unspecified atom stereocenters. The molecule has 160 valence electrons. The molecule has 4 aliphatic heterocycles. The number of halogens is 1. The van der Waals surface area contributed by atoms with Crippen molar-refractivity contribution in [1.29, 1.82) is 0 Å². The second-order valence-electron chi connectivity index (χ2n) is 7.94. The molecule has 0 bridgehead atoms. The number of carbonyl (C=O) groups excluding carboxylic acids is 3. The first-order chi connectivity index (χ1) is 15.5. The fourth-order valence-corrected chi connectivity index (χ4v) is 4.90. The first kappa shape index (κ1) is 18.7. The van der Waals surface area contributed by atoms with Crippen LogP contribution in [-0.4, -0.2) is 47.7 Å². The summed E-state index contributed by atoms with van der Waals surface area (Å²) in [4.78, 5) is 41.6. The van der Waals surface area contributed by atoms with Gasteiger partial charge in [0.1, 0.15) is 11.9 Å². The third kappa shape index (κ3) is 2.54. The zero-order valence-corrected chi connectivity index (χ0v) is 16.6. The number of rotatable bonds is 3. The fourth-order valence-electron chi connectivity index (χ4n) is 4.90. The largest absolute Gasteiger partial charge is 0.454 e. The van der Waals surface area contributed by atoms with E-state index in [1.807, 2.05) is 0 Å². The monoisotopic (exact) mass is 433 g/mol. The third-order valence-electron chi connectivity index (χ3n) is 6.30. The van der Waals surface area contributed by atoms with E-state index in [-0.39, 0.29) is 18.1 Å². The van der Waals surface area contributed by atoms with Crippen LogP contribution in [0.25, 0.3) is 0 Å². The van der Waals surface area contributed by atoms with Crippen LogP contribution in [0.1, 0.15) is 10.4 Å². The minimum absolute atomic E-state index is 0.0695. The van der Waals surface area contributed by atoms with E-state index >= 15 is 0 Å². The number of Topliss-reactive ketones (excluding diaryl/α,β-unsaturated/α-hetero) is 1. The predicted molar refractivity (Wildman–Crippen MR) is 110 cm³/mol. The summed E-state index contributed by atoms with van der Waals surface area (Å²) in [5.74, 6) is -2.43. The fraction of sp³-hybridized carbons (Fsp3) is 0.217. The van der Waals surface area contributed by atoms with E-state index in [2.05, 4.69) is 5.10 Å². The van der Waals surface area contributed by atoms with Crippen LogP contribution in [-0.2, 0) is 9.59 Å². The number of amides is 2. The van der Waals surface area contributed by atoms with Crippen LogP contribution in [0.2, 0.25) is 0 Å². The van der Waals surface area contributed by atoms with Gasteiger partial charge in [-0.2, -0.15) is 5.10 Å². The Balaban J connectivity index is 1.41. The summed E-state index contributed by atoms with van der Waals surface area (Å²) >= 11 is 0. The minimum atomic E-state index is -0.980. The zero-order chi connectivity index (χ0) is 22.0. The van der Waals surface area contributed by atoms with Crippen LogP contribution >= 0.6 is 0 Å². The molecule has 32 heavy (non-hydrogen) atoms. The normalized spacial score (nSPS) is 27.2. The highest BCUT2D eigenvalue weighted by atomic mass is 19.1. The number of anilines is 1. The van der Waals surface area contributed by atoms with E-state index < -0.39 is 41.6 Å². The number of fused-ring (bicyclic) bond motifs is 4. The number of hydrogen-bond acceptors (Lipinski definition) is 7. The van der Waals surface area contributed by atoms with Gasteiger partial charge in [0.05, 0.1) is 23.6 Å². The average Bonchev–Trinajstić information content (AvgIpc) is 3.47. The highest BCUT2D eigenvalue weighted by molar-refractivity contribution is 6.24. The Hall–Kier alpha value is -4.01. The second kappa shape index (κ2) is 6.74. The number of benzene rings is 2. The lowest BCUT2D eigenvalue weighted by molar-refractivity contribution is -0.123. The molecule has 8 nitrogen and oxygen atoms in total. The van der Waals surface area contributed by atoms with Crippen LogP contribution < -0.4 is 14.4 Å². The third-order valence-corrected chi connectivity index (χ3v) is 6.30. The summed E-state index contributed by atoms with van der Waals surface area (Å²) in [6.07, 6.45) is 4.99. The van der Waals surface area contributed by atoms with Gasteiger partial charge in [-0.15, -0.1) is 0 Å². The van der Waals surface area contributed by atoms with Crippen molar-refractivity contribution in [3.63, 3.8) is 0 Å². The summed E-state index contributed by atoms with van der Waals surface area (Å²) in [5.41, 5.74) is 0.615. The molecule has 0 N–H and O–H groups in total. The Morgan fingerprint density at radius 1 is 1.00 bits per heavy atom. The van der Waals surface area contributed by atoms with E-state index in [0.29, 0.717) is 17.2 Å². The maximum atomic E-state index is 13.6. The molecule has 2 amide bonds.